The van der Waals surface area contributed by atoms with Gasteiger partial charge < -0.3 is 9.47 Å². The highest BCUT2D eigenvalue weighted by atomic mass is 32.1. The number of likely N-dealkylation sites (tertiary alicyclic amines) is 1. The van der Waals surface area contributed by atoms with Crippen molar-refractivity contribution in [1.29, 1.82) is 0 Å². The number of nitrogens with zero attached hydrogens (tertiary/aromatic N) is 6. The second-order valence-electron chi connectivity index (χ2n) is 7.40. The maximum atomic E-state index is 13.7. The van der Waals surface area contributed by atoms with E-state index in [9.17, 15) is 18.0 Å². The van der Waals surface area contributed by atoms with Crippen molar-refractivity contribution in [3.63, 3.8) is 0 Å². The fourth-order valence-electron chi connectivity index (χ4n) is 3.81. The van der Waals surface area contributed by atoms with Crippen molar-refractivity contribution in [1.82, 2.24) is 29.0 Å². The van der Waals surface area contributed by atoms with E-state index in [1.807, 2.05) is 0 Å². The summed E-state index contributed by atoms with van der Waals surface area (Å²) in [6, 6.07) is 6.14. The molecule has 0 N–H and O–H groups in total. The minimum atomic E-state index is -4.57. The Morgan fingerprint density at radius 3 is 2.87 bits per heavy atom. The van der Waals surface area contributed by atoms with Gasteiger partial charge >= 0.3 is 6.18 Å². The second-order valence-corrected chi connectivity index (χ2v) is 8.35. The predicted molar refractivity (Wildman–Crippen MR) is 107 cm³/mol. The Hall–Kier alpha value is -3.21. The third-order valence-electron chi connectivity index (χ3n) is 5.35. The van der Waals surface area contributed by atoms with Crippen LogP contribution in [0.15, 0.2) is 48.4 Å². The summed E-state index contributed by atoms with van der Waals surface area (Å²) in [5.74, 6) is -0.196. The van der Waals surface area contributed by atoms with Crippen LogP contribution in [0.1, 0.15) is 23.7 Å². The molecule has 5 heterocycles. The number of imidazole rings is 1. The molecule has 7 nitrogen and oxygen atoms in total. The topological polar surface area (TPSA) is 68.3 Å². The third kappa shape index (κ3) is 3.80. The Bertz CT molecular complexity index is 1220. The Morgan fingerprint density at radius 2 is 2.16 bits per heavy atom. The van der Waals surface area contributed by atoms with E-state index in [0.29, 0.717) is 30.1 Å². The highest BCUT2D eigenvalue weighted by Crippen LogP contribution is 2.35. The lowest BCUT2D eigenvalue weighted by Crippen LogP contribution is -2.31. The molecule has 0 aromatic carbocycles. The van der Waals surface area contributed by atoms with E-state index in [4.69, 9.17) is 0 Å². The lowest BCUT2D eigenvalue weighted by molar-refractivity contribution is -0.142. The zero-order chi connectivity index (χ0) is 21.6. The van der Waals surface area contributed by atoms with Gasteiger partial charge in [0.25, 0.3) is 0 Å². The first-order valence-electron chi connectivity index (χ1n) is 9.64. The molecular weight excluding hydrogens is 429 g/mol. The molecule has 0 saturated carbocycles. The van der Waals surface area contributed by atoms with Gasteiger partial charge in [0.15, 0.2) is 11.3 Å². The van der Waals surface area contributed by atoms with Crippen LogP contribution in [0.5, 0.6) is 0 Å². The molecule has 1 amide bonds. The first-order chi connectivity index (χ1) is 14.9. The third-order valence-corrected chi connectivity index (χ3v) is 6.24. The molecule has 1 fully saturated rings. The normalized spacial score (nSPS) is 17.0. The molecule has 1 saturated heterocycles. The van der Waals surface area contributed by atoms with Crippen LogP contribution in [0.4, 0.5) is 13.2 Å². The maximum absolute atomic E-state index is 13.7. The number of alkyl halides is 3. The van der Waals surface area contributed by atoms with Gasteiger partial charge in [0, 0.05) is 37.5 Å². The van der Waals surface area contributed by atoms with Crippen molar-refractivity contribution in [2.45, 2.75) is 25.1 Å². The molecule has 31 heavy (non-hydrogen) atoms. The Labute approximate surface area is 178 Å². The minimum Gasteiger partial charge on any atom is -0.340 e. The Balaban J connectivity index is 1.44. The zero-order valence-corrected chi connectivity index (χ0v) is 17.0. The van der Waals surface area contributed by atoms with Gasteiger partial charge in [-0.25, -0.2) is 14.5 Å². The Morgan fingerprint density at radius 1 is 1.29 bits per heavy atom. The molecule has 0 radical (unpaired) electrons. The van der Waals surface area contributed by atoms with Crippen LogP contribution >= 0.6 is 11.3 Å². The van der Waals surface area contributed by atoms with E-state index in [1.54, 1.807) is 51.8 Å². The van der Waals surface area contributed by atoms with Crippen molar-refractivity contribution < 1.29 is 18.0 Å². The average molecular weight is 446 g/mol. The molecule has 0 spiro atoms. The van der Waals surface area contributed by atoms with E-state index >= 15 is 0 Å². The summed E-state index contributed by atoms with van der Waals surface area (Å²) in [7, 11) is 0. The molecule has 4 aromatic rings. The zero-order valence-electron chi connectivity index (χ0n) is 16.2. The molecule has 1 aliphatic rings. The van der Waals surface area contributed by atoms with Crippen LogP contribution in [0, 0.1) is 0 Å². The van der Waals surface area contributed by atoms with E-state index in [2.05, 4.69) is 15.1 Å². The van der Waals surface area contributed by atoms with Gasteiger partial charge in [0.1, 0.15) is 6.54 Å². The fourth-order valence-corrected chi connectivity index (χ4v) is 4.50. The molecule has 0 bridgehead atoms. The largest absolute Gasteiger partial charge is 0.433 e. The molecule has 11 heteroatoms. The van der Waals surface area contributed by atoms with Crippen LogP contribution in [-0.4, -0.2) is 48.0 Å². The Kier molecular flexibility index (Phi) is 4.77. The number of carbonyl (C=O) groups excluding carboxylic acids is 1. The van der Waals surface area contributed by atoms with Crippen molar-refractivity contribution in [2.24, 2.45) is 0 Å². The summed E-state index contributed by atoms with van der Waals surface area (Å²) in [6.07, 6.45) is 0.955. The fraction of sp³-hybridized carbons (Fsp3) is 0.300. The SMILES string of the molecule is O=C(Cn1ccnc1)N1CCC(c2cc3nc(-c4cccs4)cc(C(F)(F)F)n3n2)C1. The number of amides is 1. The molecule has 1 atom stereocenters. The van der Waals surface area contributed by atoms with Crippen molar-refractivity contribution >= 4 is 22.9 Å². The first kappa shape index (κ1) is 19.7. The van der Waals surface area contributed by atoms with Gasteiger partial charge in [-0.05, 0) is 23.9 Å². The summed E-state index contributed by atoms with van der Waals surface area (Å²) >= 11 is 1.33. The average Bonchev–Trinajstić information content (AvgIpc) is 3.53. The molecular formula is C20H17F3N6OS. The lowest BCUT2D eigenvalue weighted by Gasteiger charge is -2.16. The number of hydrogen-bond acceptors (Lipinski definition) is 5. The van der Waals surface area contributed by atoms with Crippen molar-refractivity contribution in [3.05, 3.63) is 59.8 Å². The number of rotatable bonds is 4. The summed E-state index contributed by atoms with van der Waals surface area (Å²) in [4.78, 5) is 23.2. The number of aromatic nitrogens is 5. The smallest absolute Gasteiger partial charge is 0.340 e. The number of carbonyl (C=O) groups is 1. The highest BCUT2D eigenvalue weighted by molar-refractivity contribution is 7.13. The highest BCUT2D eigenvalue weighted by Gasteiger charge is 2.36. The minimum absolute atomic E-state index is 0.0571. The monoisotopic (exact) mass is 446 g/mol. The summed E-state index contributed by atoms with van der Waals surface area (Å²) in [5, 5.41) is 6.03. The van der Waals surface area contributed by atoms with Gasteiger partial charge in [-0.15, -0.1) is 11.3 Å². The van der Waals surface area contributed by atoms with E-state index in [1.165, 1.54) is 11.3 Å². The molecule has 1 aliphatic heterocycles. The van der Waals surface area contributed by atoms with E-state index in [-0.39, 0.29) is 29.7 Å². The summed E-state index contributed by atoms with van der Waals surface area (Å²) in [5.41, 5.74) is 0.0682. The van der Waals surface area contributed by atoms with Gasteiger partial charge in [0.2, 0.25) is 5.91 Å². The number of thiophene rings is 1. The van der Waals surface area contributed by atoms with E-state index < -0.39 is 11.9 Å². The predicted octanol–water partition coefficient (Wildman–Crippen LogP) is 3.69. The van der Waals surface area contributed by atoms with Crippen LogP contribution < -0.4 is 0 Å². The molecule has 4 aromatic heterocycles. The quantitative estimate of drug-likeness (QED) is 0.480. The van der Waals surface area contributed by atoms with Gasteiger partial charge in [-0.2, -0.15) is 18.3 Å². The molecule has 5 rings (SSSR count). The van der Waals surface area contributed by atoms with Crippen molar-refractivity contribution in [3.8, 4) is 10.6 Å². The number of fused-ring (bicyclic) bond motifs is 1. The second kappa shape index (κ2) is 7.49. The van der Waals surface area contributed by atoms with E-state index in [0.717, 1.165) is 10.6 Å². The lowest BCUT2D eigenvalue weighted by atomic mass is 10.1. The maximum Gasteiger partial charge on any atom is 0.433 e. The summed E-state index contributed by atoms with van der Waals surface area (Å²) in [6.45, 7) is 1.13. The first-order valence-corrected chi connectivity index (χ1v) is 10.5. The standard InChI is InChI=1S/C20H17F3N6OS/c21-20(22,23)17-8-15(16-2-1-7-31-16)25-18-9-14(26-29(17)18)13-3-5-28(10-13)19(30)11-27-6-4-24-12-27/h1-2,4,6-9,12-13H,3,5,10-11H2. The van der Waals surface area contributed by atoms with Crippen LogP contribution in [0.2, 0.25) is 0 Å². The molecule has 0 aliphatic carbocycles. The summed E-state index contributed by atoms with van der Waals surface area (Å²) < 4.78 is 43.7. The van der Waals surface area contributed by atoms with Gasteiger partial charge in [0.05, 0.1) is 22.6 Å². The molecule has 1 unspecified atom stereocenters. The van der Waals surface area contributed by atoms with Crippen LogP contribution in [-0.2, 0) is 17.5 Å². The number of halogens is 3. The number of hydrogen-bond donors (Lipinski definition) is 0. The van der Waals surface area contributed by atoms with Crippen molar-refractivity contribution in [2.75, 3.05) is 13.1 Å². The molecule has 160 valence electrons. The van der Waals surface area contributed by atoms with Gasteiger partial charge in [-0.1, -0.05) is 6.07 Å². The van der Waals surface area contributed by atoms with Gasteiger partial charge in [-0.3, -0.25) is 4.79 Å². The van der Waals surface area contributed by atoms with Crippen LogP contribution in [0.25, 0.3) is 16.2 Å². The van der Waals surface area contributed by atoms with Crippen LogP contribution in [0.3, 0.4) is 0 Å².